The van der Waals surface area contributed by atoms with Gasteiger partial charge in [0.25, 0.3) is 5.91 Å². The number of benzene rings is 2. The van der Waals surface area contributed by atoms with Crippen LogP contribution in [0.4, 0.5) is 22.0 Å². The first-order valence-electron chi connectivity index (χ1n) is 8.73. The molecule has 1 amide bonds. The monoisotopic (exact) mass is 444 g/mol. The topological polar surface area (TPSA) is 53.3 Å². The molecule has 3 rings (SSSR count). The van der Waals surface area contributed by atoms with Crippen molar-refractivity contribution in [2.75, 3.05) is 13.1 Å². The first-order valence-corrected chi connectivity index (χ1v) is 9.11. The van der Waals surface area contributed by atoms with Gasteiger partial charge < -0.3 is 9.64 Å². The highest BCUT2D eigenvalue weighted by atomic mass is 35.5. The number of alkyl halides is 3. The summed E-state index contributed by atoms with van der Waals surface area (Å²) in [5, 5.41) is 8.82. The number of hydrogen-bond donors (Lipinski definition) is 0. The maximum absolute atomic E-state index is 13.4. The van der Waals surface area contributed by atoms with Crippen molar-refractivity contribution in [3.8, 4) is 11.8 Å². The second-order valence-electron chi connectivity index (χ2n) is 6.79. The number of halogens is 6. The Balaban J connectivity index is 1.84. The number of carbonyl (C=O) groups excluding carboxylic acids is 1. The molecular weight excluding hydrogens is 431 g/mol. The summed E-state index contributed by atoms with van der Waals surface area (Å²) in [7, 11) is 0. The van der Waals surface area contributed by atoms with Crippen molar-refractivity contribution in [1.82, 2.24) is 4.90 Å². The fourth-order valence-electron chi connectivity index (χ4n) is 2.98. The van der Waals surface area contributed by atoms with E-state index < -0.39 is 35.6 Å². The Labute approximate surface area is 173 Å². The van der Waals surface area contributed by atoms with Gasteiger partial charge in [-0.25, -0.2) is 8.78 Å². The van der Waals surface area contributed by atoms with Gasteiger partial charge in [-0.15, -0.1) is 0 Å². The van der Waals surface area contributed by atoms with E-state index in [1.807, 2.05) is 0 Å². The summed E-state index contributed by atoms with van der Waals surface area (Å²) in [5.41, 5.74) is 0.0391. The Hall–Kier alpha value is -2.86. The summed E-state index contributed by atoms with van der Waals surface area (Å²) in [5.74, 6) is -3.41. The van der Waals surface area contributed by atoms with Gasteiger partial charge in [0.2, 0.25) is 0 Å². The minimum Gasteiger partial charge on any atom is -0.480 e. The number of hydrogen-bond acceptors (Lipinski definition) is 3. The van der Waals surface area contributed by atoms with Crippen LogP contribution in [0.15, 0.2) is 30.3 Å². The van der Waals surface area contributed by atoms with Crippen LogP contribution in [-0.2, 0) is 0 Å². The molecule has 0 aromatic heterocycles. The molecule has 1 heterocycles. The van der Waals surface area contributed by atoms with Crippen molar-refractivity contribution >= 4 is 17.5 Å². The molecule has 1 fully saturated rings. The zero-order valence-corrected chi connectivity index (χ0v) is 16.2. The molecule has 0 N–H and O–H groups in total. The molecule has 2 aromatic carbocycles. The SMILES string of the molecule is C[C@H](Oc1ccc(C#N)c(Cl)c1C(=O)N1CC(c2ccc(F)c(F)c2)C1)C(F)(F)F. The van der Waals surface area contributed by atoms with Crippen LogP contribution in [0.3, 0.4) is 0 Å². The highest BCUT2D eigenvalue weighted by Gasteiger charge is 2.40. The van der Waals surface area contributed by atoms with Crippen LogP contribution in [-0.4, -0.2) is 36.2 Å². The minimum absolute atomic E-state index is 0.0929. The molecule has 10 heteroatoms. The van der Waals surface area contributed by atoms with E-state index in [0.29, 0.717) is 5.56 Å². The van der Waals surface area contributed by atoms with Gasteiger partial charge in [0, 0.05) is 19.0 Å². The summed E-state index contributed by atoms with van der Waals surface area (Å²) in [6, 6.07) is 7.43. The predicted molar refractivity (Wildman–Crippen MR) is 97.3 cm³/mol. The Morgan fingerprint density at radius 2 is 1.90 bits per heavy atom. The average molecular weight is 445 g/mol. The number of nitriles is 1. The number of likely N-dealkylation sites (tertiary alicyclic amines) is 1. The number of ether oxygens (including phenoxy) is 1. The minimum atomic E-state index is -4.67. The fourth-order valence-corrected chi connectivity index (χ4v) is 3.26. The van der Waals surface area contributed by atoms with Gasteiger partial charge in [0.1, 0.15) is 17.4 Å². The molecule has 0 spiro atoms. The maximum atomic E-state index is 13.4. The van der Waals surface area contributed by atoms with Gasteiger partial charge in [-0.05, 0) is 36.8 Å². The first-order chi connectivity index (χ1) is 14.0. The zero-order chi connectivity index (χ0) is 22.2. The van der Waals surface area contributed by atoms with E-state index in [4.69, 9.17) is 21.6 Å². The summed E-state index contributed by atoms with van der Waals surface area (Å²) in [4.78, 5) is 14.2. The van der Waals surface area contributed by atoms with E-state index in [9.17, 15) is 26.7 Å². The molecule has 1 aliphatic heterocycles. The summed E-state index contributed by atoms with van der Waals surface area (Å²) in [6.45, 7) is 1.01. The first kappa shape index (κ1) is 21.8. The van der Waals surface area contributed by atoms with Crippen LogP contribution in [0.5, 0.6) is 5.75 Å². The van der Waals surface area contributed by atoms with Crippen molar-refractivity contribution in [2.45, 2.75) is 25.1 Å². The lowest BCUT2D eigenvalue weighted by Gasteiger charge is -2.40. The second-order valence-corrected chi connectivity index (χ2v) is 7.17. The van der Waals surface area contributed by atoms with Crippen LogP contribution in [0.2, 0.25) is 5.02 Å². The van der Waals surface area contributed by atoms with E-state index in [0.717, 1.165) is 31.2 Å². The van der Waals surface area contributed by atoms with E-state index >= 15 is 0 Å². The average Bonchev–Trinajstić information content (AvgIpc) is 2.62. The lowest BCUT2D eigenvalue weighted by atomic mass is 9.90. The fraction of sp³-hybridized carbons (Fsp3) is 0.300. The number of carbonyl (C=O) groups is 1. The van der Waals surface area contributed by atoms with Gasteiger partial charge in [-0.2, -0.15) is 18.4 Å². The molecule has 1 saturated heterocycles. The third-order valence-electron chi connectivity index (χ3n) is 4.79. The standard InChI is InChI=1S/C20H14ClF5N2O2/c1-10(20(24,25)26)30-16-5-3-12(7-27)18(21)17(16)19(29)28-8-13(9-28)11-2-4-14(22)15(23)6-11/h2-6,10,13H,8-9H2,1H3/t10-/m0/s1. The quantitative estimate of drug-likeness (QED) is 0.619. The van der Waals surface area contributed by atoms with Crippen molar-refractivity contribution in [3.63, 3.8) is 0 Å². The molecule has 4 nitrogen and oxygen atoms in total. The molecule has 2 aromatic rings. The van der Waals surface area contributed by atoms with Crippen LogP contribution >= 0.6 is 11.6 Å². The molecule has 158 valence electrons. The number of rotatable bonds is 4. The summed E-state index contributed by atoms with van der Waals surface area (Å²) < 4.78 is 70.1. The smallest absolute Gasteiger partial charge is 0.425 e. The van der Waals surface area contributed by atoms with Crippen LogP contribution in [0.25, 0.3) is 0 Å². The molecule has 0 bridgehead atoms. The zero-order valence-electron chi connectivity index (χ0n) is 15.4. The summed E-state index contributed by atoms with van der Waals surface area (Å²) >= 11 is 6.10. The number of amides is 1. The van der Waals surface area contributed by atoms with Crippen LogP contribution in [0, 0.1) is 23.0 Å². The lowest BCUT2D eigenvalue weighted by molar-refractivity contribution is -0.189. The van der Waals surface area contributed by atoms with E-state index in [1.54, 1.807) is 6.07 Å². The Morgan fingerprint density at radius 1 is 1.23 bits per heavy atom. The Kier molecular flexibility index (Phi) is 5.90. The Bertz CT molecular complexity index is 1030. The third-order valence-corrected chi connectivity index (χ3v) is 5.18. The molecule has 0 aliphatic carbocycles. The van der Waals surface area contributed by atoms with Crippen molar-refractivity contribution in [2.24, 2.45) is 0 Å². The molecule has 30 heavy (non-hydrogen) atoms. The molecule has 0 saturated carbocycles. The third kappa shape index (κ3) is 4.19. The van der Waals surface area contributed by atoms with Crippen LogP contribution < -0.4 is 4.74 Å². The van der Waals surface area contributed by atoms with E-state index in [1.165, 1.54) is 11.0 Å². The summed E-state index contributed by atoms with van der Waals surface area (Å²) in [6.07, 6.45) is -6.88. The van der Waals surface area contributed by atoms with Gasteiger partial charge in [-0.1, -0.05) is 17.7 Å². The maximum Gasteiger partial charge on any atom is 0.425 e. The van der Waals surface area contributed by atoms with Gasteiger partial charge in [0.05, 0.1) is 10.6 Å². The van der Waals surface area contributed by atoms with Gasteiger partial charge in [-0.3, -0.25) is 4.79 Å². The molecule has 0 unspecified atom stereocenters. The normalized spacial score (nSPS) is 15.3. The largest absolute Gasteiger partial charge is 0.480 e. The lowest BCUT2D eigenvalue weighted by Crippen LogP contribution is -2.48. The molecule has 1 aliphatic rings. The van der Waals surface area contributed by atoms with Crippen molar-refractivity contribution in [1.29, 1.82) is 5.26 Å². The highest BCUT2D eigenvalue weighted by molar-refractivity contribution is 6.35. The highest BCUT2D eigenvalue weighted by Crippen LogP contribution is 2.37. The van der Waals surface area contributed by atoms with Crippen molar-refractivity contribution < 1.29 is 31.5 Å². The van der Waals surface area contributed by atoms with Crippen LogP contribution in [0.1, 0.15) is 34.3 Å². The predicted octanol–water partition coefficient (Wildman–Crippen LogP) is 5.06. The van der Waals surface area contributed by atoms with E-state index in [2.05, 4.69) is 0 Å². The Morgan fingerprint density at radius 3 is 2.47 bits per heavy atom. The van der Waals surface area contributed by atoms with Gasteiger partial charge in [0.15, 0.2) is 17.7 Å². The molecule has 1 atom stereocenters. The second kappa shape index (κ2) is 8.11. The van der Waals surface area contributed by atoms with E-state index in [-0.39, 0.29) is 35.2 Å². The molecule has 0 radical (unpaired) electrons. The van der Waals surface area contributed by atoms with Crippen molar-refractivity contribution in [3.05, 3.63) is 63.7 Å². The number of nitrogens with zero attached hydrogens (tertiary/aromatic N) is 2. The van der Waals surface area contributed by atoms with Gasteiger partial charge >= 0.3 is 6.18 Å². The molecular formula is C20H14ClF5N2O2.